The number of carboxylic acids is 1. The fourth-order valence-electron chi connectivity index (χ4n) is 3.93. The van der Waals surface area contributed by atoms with E-state index in [1.54, 1.807) is 12.1 Å². The number of thiazole rings is 1. The van der Waals surface area contributed by atoms with E-state index >= 15 is 0 Å². The average molecular weight is 341 g/mol. The van der Waals surface area contributed by atoms with Gasteiger partial charge in [0.2, 0.25) is 0 Å². The Hall–Kier alpha value is -2.34. The third kappa shape index (κ3) is 2.29. The molecule has 0 aliphatic heterocycles. The number of carbonyl (C=O) groups is 1. The van der Waals surface area contributed by atoms with Crippen molar-refractivity contribution in [3.05, 3.63) is 34.7 Å². The van der Waals surface area contributed by atoms with E-state index < -0.39 is 5.97 Å². The van der Waals surface area contributed by atoms with Crippen LogP contribution in [0.3, 0.4) is 0 Å². The fraction of sp³-hybridized carbons (Fsp3) is 0.333. The lowest BCUT2D eigenvalue weighted by atomic mass is 9.93. The summed E-state index contributed by atoms with van der Waals surface area (Å²) in [6.07, 6.45) is 4.83. The number of carboxylic acid groups (broad SMARTS) is 1. The largest absolute Gasteiger partial charge is 0.478 e. The van der Waals surface area contributed by atoms with E-state index in [0.717, 1.165) is 22.3 Å². The molecule has 0 radical (unpaired) electrons. The van der Waals surface area contributed by atoms with Gasteiger partial charge in [0, 0.05) is 23.3 Å². The molecule has 0 amide bonds. The number of benzene rings is 1. The van der Waals surface area contributed by atoms with Gasteiger partial charge in [-0.25, -0.2) is 9.78 Å². The number of nitrogens with zero attached hydrogens (tertiary/aromatic N) is 2. The van der Waals surface area contributed by atoms with Gasteiger partial charge in [-0.15, -0.1) is 11.3 Å². The van der Waals surface area contributed by atoms with Crippen LogP contribution >= 0.6 is 11.3 Å². The van der Waals surface area contributed by atoms with E-state index in [4.69, 9.17) is 5.73 Å². The monoisotopic (exact) mass is 341 g/mol. The van der Waals surface area contributed by atoms with Gasteiger partial charge in [0.25, 0.3) is 0 Å². The summed E-state index contributed by atoms with van der Waals surface area (Å²) < 4.78 is 2.07. The molecule has 2 aromatic heterocycles. The lowest BCUT2D eigenvalue weighted by Crippen LogP contribution is -1.98. The van der Waals surface area contributed by atoms with Crippen LogP contribution in [0.5, 0.6) is 0 Å². The summed E-state index contributed by atoms with van der Waals surface area (Å²) in [5.41, 5.74) is 10.4. The minimum absolute atomic E-state index is 0.311. The van der Waals surface area contributed by atoms with Gasteiger partial charge in [0.05, 0.1) is 11.3 Å². The highest BCUT2D eigenvalue weighted by Gasteiger charge is 2.27. The van der Waals surface area contributed by atoms with E-state index in [-0.39, 0.29) is 0 Å². The second-order valence-corrected chi connectivity index (χ2v) is 7.30. The van der Waals surface area contributed by atoms with Gasteiger partial charge in [-0.3, -0.25) is 0 Å². The number of aromatic nitrogens is 2. The topological polar surface area (TPSA) is 81.1 Å². The number of nitrogen functional groups attached to an aromatic ring is 1. The quantitative estimate of drug-likeness (QED) is 0.746. The molecule has 6 heteroatoms. The maximum absolute atomic E-state index is 11.3. The van der Waals surface area contributed by atoms with Crippen LogP contribution in [0.2, 0.25) is 0 Å². The van der Waals surface area contributed by atoms with Gasteiger partial charge in [0.1, 0.15) is 5.69 Å². The van der Waals surface area contributed by atoms with Gasteiger partial charge in [-0.1, -0.05) is 18.9 Å². The Morgan fingerprint density at radius 2 is 2.12 bits per heavy atom. The van der Waals surface area contributed by atoms with Crippen LogP contribution in [0.1, 0.15) is 47.5 Å². The first kappa shape index (κ1) is 15.2. The van der Waals surface area contributed by atoms with Crippen LogP contribution in [0.25, 0.3) is 22.3 Å². The lowest BCUT2D eigenvalue weighted by molar-refractivity contribution is 0.0697. The highest BCUT2D eigenvalue weighted by Crippen LogP contribution is 2.44. The number of hydrogen-bond acceptors (Lipinski definition) is 4. The molecule has 4 rings (SSSR count). The highest BCUT2D eigenvalue weighted by molar-refractivity contribution is 7.13. The summed E-state index contributed by atoms with van der Waals surface area (Å²) in [6, 6.07) is 5.41. The van der Waals surface area contributed by atoms with Crippen molar-refractivity contribution in [2.45, 2.75) is 31.6 Å². The Morgan fingerprint density at radius 3 is 2.75 bits per heavy atom. The minimum atomic E-state index is -0.903. The third-order valence-electron chi connectivity index (χ3n) is 5.01. The maximum Gasteiger partial charge on any atom is 0.335 e. The van der Waals surface area contributed by atoms with Crippen LogP contribution < -0.4 is 5.73 Å². The molecule has 5 nitrogen and oxygen atoms in total. The van der Waals surface area contributed by atoms with Gasteiger partial charge in [0.15, 0.2) is 5.13 Å². The molecule has 3 N–H and O–H groups in total. The minimum Gasteiger partial charge on any atom is -0.478 e. The molecule has 1 aliphatic carbocycles. The molecule has 0 spiro atoms. The third-order valence-corrected chi connectivity index (χ3v) is 5.69. The lowest BCUT2D eigenvalue weighted by Gasteiger charge is -2.12. The zero-order valence-electron chi connectivity index (χ0n) is 13.5. The van der Waals surface area contributed by atoms with Crippen molar-refractivity contribution in [3.63, 3.8) is 0 Å². The highest BCUT2D eigenvalue weighted by atomic mass is 32.1. The Morgan fingerprint density at radius 1 is 1.38 bits per heavy atom. The van der Waals surface area contributed by atoms with Crippen molar-refractivity contribution in [2.24, 2.45) is 7.05 Å². The summed E-state index contributed by atoms with van der Waals surface area (Å²) in [5.74, 6) is -0.401. The predicted molar refractivity (Wildman–Crippen MR) is 96.6 cm³/mol. The first-order valence-corrected chi connectivity index (χ1v) is 9.01. The van der Waals surface area contributed by atoms with Crippen molar-refractivity contribution in [3.8, 4) is 11.4 Å². The van der Waals surface area contributed by atoms with Crippen molar-refractivity contribution in [1.29, 1.82) is 0 Å². The number of nitrogens with two attached hydrogens (primary N) is 1. The zero-order chi connectivity index (χ0) is 16.8. The molecule has 24 heavy (non-hydrogen) atoms. The summed E-state index contributed by atoms with van der Waals surface area (Å²) in [5, 5.41) is 13.0. The van der Waals surface area contributed by atoms with Crippen LogP contribution in [-0.2, 0) is 7.05 Å². The number of rotatable bonds is 3. The van der Waals surface area contributed by atoms with Crippen LogP contribution in [0, 0.1) is 0 Å². The van der Waals surface area contributed by atoms with Gasteiger partial charge >= 0.3 is 5.97 Å². The van der Waals surface area contributed by atoms with E-state index in [1.807, 2.05) is 18.5 Å². The smallest absolute Gasteiger partial charge is 0.335 e. The summed E-state index contributed by atoms with van der Waals surface area (Å²) >= 11 is 1.44. The van der Waals surface area contributed by atoms with E-state index in [1.165, 1.54) is 42.6 Å². The van der Waals surface area contributed by atoms with Crippen molar-refractivity contribution in [1.82, 2.24) is 9.55 Å². The molecule has 0 bridgehead atoms. The van der Waals surface area contributed by atoms with Crippen LogP contribution in [-0.4, -0.2) is 20.6 Å². The van der Waals surface area contributed by atoms with E-state index in [2.05, 4.69) is 9.55 Å². The van der Waals surface area contributed by atoms with Crippen molar-refractivity contribution < 1.29 is 9.90 Å². The zero-order valence-corrected chi connectivity index (χ0v) is 14.3. The molecular formula is C18H19N3O2S. The Kier molecular flexibility index (Phi) is 3.57. The average Bonchev–Trinajstić information content (AvgIpc) is 3.27. The number of aryl methyl sites for hydroxylation is 1. The van der Waals surface area contributed by atoms with Gasteiger partial charge < -0.3 is 15.4 Å². The summed E-state index contributed by atoms with van der Waals surface area (Å²) in [6.45, 7) is 0. The molecule has 1 aliphatic rings. The molecule has 124 valence electrons. The fourth-order valence-corrected chi connectivity index (χ4v) is 4.48. The first-order chi connectivity index (χ1) is 11.6. The van der Waals surface area contributed by atoms with E-state index in [9.17, 15) is 9.90 Å². The molecule has 2 heterocycles. The number of aromatic carboxylic acids is 1. The normalized spacial score (nSPS) is 15.4. The SMILES string of the molecule is Cn1c(-c2csc(N)n2)c(C2CCCC2)c2ccc(C(=O)O)cc21. The standard InChI is InChI=1S/C18H19N3O2S/c1-21-14-8-11(17(22)23)6-7-12(14)15(10-4-2-3-5-10)16(21)13-9-24-18(19)20-13/h6-10H,2-5H2,1H3,(H2,19,20)(H,22,23). The Bertz CT molecular complexity index is 935. The predicted octanol–water partition coefficient (Wildman–Crippen LogP) is 4.24. The summed E-state index contributed by atoms with van der Waals surface area (Å²) in [4.78, 5) is 15.8. The maximum atomic E-state index is 11.3. The van der Waals surface area contributed by atoms with Gasteiger partial charge in [-0.05, 0) is 36.5 Å². The second kappa shape index (κ2) is 5.63. The molecule has 0 atom stereocenters. The van der Waals surface area contributed by atoms with Crippen molar-refractivity contribution >= 4 is 33.3 Å². The van der Waals surface area contributed by atoms with Crippen molar-refractivity contribution in [2.75, 3.05) is 5.73 Å². The van der Waals surface area contributed by atoms with Crippen LogP contribution in [0.4, 0.5) is 5.13 Å². The number of fused-ring (bicyclic) bond motifs is 1. The Balaban J connectivity index is 2.02. The van der Waals surface area contributed by atoms with E-state index in [0.29, 0.717) is 16.6 Å². The molecule has 1 fully saturated rings. The number of hydrogen-bond donors (Lipinski definition) is 2. The molecular weight excluding hydrogens is 322 g/mol. The first-order valence-electron chi connectivity index (χ1n) is 8.13. The number of anilines is 1. The molecule has 1 aromatic carbocycles. The second-order valence-electron chi connectivity index (χ2n) is 6.41. The van der Waals surface area contributed by atoms with Gasteiger partial charge in [-0.2, -0.15) is 0 Å². The molecule has 0 saturated heterocycles. The Labute approximate surface area is 143 Å². The molecule has 0 unspecified atom stereocenters. The molecule has 3 aromatic rings. The summed E-state index contributed by atoms with van der Waals surface area (Å²) in [7, 11) is 1.98. The molecule has 1 saturated carbocycles. The van der Waals surface area contributed by atoms with Crippen LogP contribution in [0.15, 0.2) is 23.6 Å².